The van der Waals surface area contributed by atoms with Gasteiger partial charge in [-0.1, -0.05) is 17.7 Å². The summed E-state index contributed by atoms with van der Waals surface area (Å²) in [4.78, 5) is 26.3. The summed E-state index contributed by atoms with van der Waals surface area (Å²) in [5.41, 5.74) is 1.63. The van der Waals surface area contributed by atoms with Gasteiger partial charge in [0.1, 0.15) is 0 Å². The smallest absolute Gasteiger partial charge is 0.356 e. The number of carboxylic acids is 1. The van der Waals surface area contributed by atoms with E-state index < -0.39 is 5.97 Å². The molecular weight excluding hydrogens is 258 g/mol. The Bertz CT molecular complexity index is 634. The highest BCUT2D eigenvalue weighted by Gasteiger charge is 2.07. The predicted octanol–water partition coefficient (Wildman–Crippen LogP) is 1.32. The van der Waals surface area contributed by atoms with Crippen LogP contribution in [0.5, 0.6) is 0 Å². The van der Waals surface area contributed by atoms with Crippen molar-refractivity contribution >= 4 is 11.9 Å². The molecule has 0 spiro atoms. The van der Waals surface area contributed by atoms with Crippen LogP contribution in [0.15, 0.2) is 36.8 Å². The molecular formula is C14H15N3O3. The van der Waals surface area contributed by atoms with Gasteiger partial charge in [-0.2, -0.15) is 0 Å². The molecule has 0 unspecified atom stereocenters. The number of nitrogens with one attached hydrogen (secondary N) is 1. The normalized spacial score (nSPS) is 10.2. The van der Waals surface area contributed by atoms with Gasteiger partial charge in [-0.3, -0.25) is 4.79 Å². The van der Waals surface area contributed by atoms with E-state index in [2.05, 4.69) is 10.3 Å². The van der Waals surface area contributed by atoms with Crippen LogP contribution < -0.4 is 5.32 Å². The number of amides is 1. The Morgan fingerprint density at radius 2 is 2.20 bits per heavy atom. The maximum Gasteiger partial charge on any atom is 0.356 e. The first kappa shape index (κ1) is 13.8. The standard InChI is InChI=1S/C14H15N3O3/c1-10-3-2-4-11(7-10)13(18)15-5-6-17-8-12(14(19)20)16-9-17/h2-4,7-9H,5-6H2,1H3,(H,15,18)(H,19,20). The van der Waals surface area contributed by atoms with Crippen molar-refractivity contribution in [2.45, 2.75) is 13.5 Å². The summed E-state index contributed by atoms with van der Waals surface area (Å²) >= 11 is 0. The third-order valence-electron chi connectivity index (χ3n) is 2.79. The molecule has 0 aliphatic rings. The lowest BCUT2D eigenvalue weighted by Gasteiger charge is -2.06. The fourth-order valence-corrected chi connectivity index (χ4v) is 1.78. The molecule has 0 fully saturated rings. The third-order valence-corrected chi connectivity index (χ3v) is 2.79. The van der Waals surface area contributed by atoms with E-state index in [-0.39, 0.29) is 11.6 Å². The molecule has 6 heteroatoms. The second kappa shape index (κ2) is 6.01. The summed E-state index contributed by atoms with van der Waals surface area (Å²) in [6, 6.07) is 7.33. The Hall–Kier alpha value is -2.63. The van der Waals surface area contributed by atoms with Crippen molar-refractivity contribution in [1.29, 1.82) is 0 Å². The van der Waals surface area contributed by atoms with Gasteiger partial charge < -0.3 is 15.0 Å². The summed E-state index contributed by atoms with van der Waals surface area (Å²) in [5.74, 6) is -1.21. The number of carbonyl (C=O) groups excluding carboxylic acids is 1. The molecule has 20 heavy (non-hydrogen) atoms. The molecule has 104 valence electrons. The number of benzene rings is 1. The lowest BCUT2D eigenvalue weighted by molar-refractivity contribution is 0.0690. The van der Waals surface area contributed by atoms with Crippen molar-refractivity contribution in [3.8, 4) is 0 Å². The van der Waals surface area contributed by atoms with Gasteiger partial charge >= 0.3 is 5.97 Å². The molecule has 6 nitrogen and oxygen atoms in total. The van der Waals surface area contributed by atoms with Gasteiger partial charge in [0.25, 0.3) is 5.91 Å². The number of carboxylic acid groups (broad SMARTS) is 1. The fourth-order valence-electron chi connectivity index (χ4n) is 1.78. The van der Waals surface area contributed by atoms with Crippen LogP contribution in [0.25, 0.3) is 0 Å². The van der Waals surface area contributed by atoms with Gasteiger partial charge in [0.05, 0.1) is 6.33 Å². The highest BCUT2D eigenvalue weighted by Crippen LogP contribution is 2.03. The average molecular weight is 273 g/mol. The molecule has 0 aliphatic heterocycles. The molecule has 1 aromatic carbocycles. The number of rotatable bonds is 5. The Morgan fingerprint density at radius 3 is 2.85 bits per heavy atom. The first-order chi connectivity index (χ1) is 9.56. The van der Waals surface area contributed by atoms with Crippen LogP contribution in [-0.4, -0.2) is 33.1 Å². The minimum atomic E-state index is -1.06. The first-order valence-corrected chi connectivity index (χ1v) is 6.16. The van der Waals surface area contributed by atoms with Crippen molar-refractivity contribution < 1.29 is 14.7 Å². The Morgan fingerprint density at radius 1 is 1.40 bits per heavy atom. The van der Waals surface area contributed by atoms with Crippen molar-refractivity contribution in [3.63, 3.8) is 0 Å². The molecule has 0 radical (unpaired) electrons. The van der Waals surface area contributed by atoms with E-state index in [1.54, 1.807) is 10.6 Å². The summed E-state index contributed by atoms with van der Waals surface area (Å²) in [7, 11) is 0. The van der Waals surface area contributed by atoms with Crippen LogP contribution in [0.2, 0.25) is 0 Å². The van der Waals surface area contributed by atoms with Crippen LogP contribution in [-0.2, 0) is 6.54 Å². The Balaban J connectivity index is 1.86. The zero-order valence-corrected chi connectivity index (χ0v) is 11.0. The van der Waals surface area contributed by atoms with Gasteiger partial charge in [0.15, 0.2) is 5.69 Å². The predicted molar refractivity (Wildman–Crippen MR) is 72.7 cm³/mol. The van der Waals surface area contributed by atoms with Crippen molar-refractivity contribution in [3.05, 3.63) is 53.6 Å². The zero-order valence-electron chi connectivity index (χ0n) is 11.0. The maximum atomic E-state index is 11.9. The van der Waals surface area contributed by atoms with Gasteiger partial charge in [-0.25, -0.2) is 9.78 Å². The highest BCUT2D eigenvalue weighted by atomic mass is 16.4. The second-order valence-electron chi connectivity index (χ2n) is 4.43. The summed E-state index contributed by atoms with van der Waals surface area (Å²) in [5, 5.41) is 11.5. The quantitative estimate of drug-likeness (QED) is 0.860. The molecule has 1 amide bonds. The van der Waals surface area contributed by atoms with E-state index in [1.165, 1.54) is 12.5 Å². The number of hydrogen-bond acceptors (Lipinski definition) is 3. The monoisotopic (exact) mass is 273 g/mol. The van der Waals surface area contributed by atoms with E-state index in [4.69, 9.17) is 5.11 Å². The maximum absolute atomic E-state index is 11.9. The SMILES string of the molecule is Cc1cccc(C(=O)NCCn2cnc(C(=O)O)c2)c1. The van der Waals surface area contributed by atoms with E-state index >= 15 is 0 Å². The molecule has 1 heterocycles. The van der Waals surface area contributed by atoms with E-state index in [9.17, 15) is 9.59 Å². The molecule has 2 N–H and O–H groups in total. The Labute approximate surface area is 116 Å². The van der Waals surface area contributed by atoms with Gasteiger partial charge in [0.2, 0.25) is 0 Å². The minimum Gasteiger partial charge on any atom is -0.476 e. The molecule has 2 aromatic rings. The Kier molecular flexibility index (Phi) is 4.14. The van der Waals surface area contributed by atoms with E-state index in [1.807, 2.05) is 25.1 Å². The van der Waals surface area contributed by atoms with Crippen LogP contribution in [0, 0.1) is 6.92 Å². The molecule has 0 bridgehead atoms. The summed E-state index contributed by atoms with van der Waals surface area (Å²) in [6.07, 6.45) is 2.86. The van der Waals surface area contributed by atoms with Gasteiger partial charge in [-0.15, -0.1) is 0 Å². The number of carbonyl (C=O) groups is 2. The van der Waals surface area contributed by atoms with E-state index in [0.29, 0.717) is 18.7 Å². The molecule has 0 aliphatic carbocycles. The third kappa shape index (κ3) is 3.44. The number of aryl methyl sites for hydroxylation is 1. The number of hydrogen-bond donors (Lipinski definition) is 2. The van der Waals surface area contributed by atoms with Crippen LogP contribution in [0.4, 0.5) is 0 Å². The second-order valence-corrected chi connectivity index (χ2v) is 4.43. The topological polar surface area (TPSA) is 84.2 Å². The zero-order chi connectivity index (χ0) is 14.5. The van der Waals surface area contributed by atoms with Gasteiger partial charge in [-0.05, 0) is 19.1 Å². The van der Waals surface area contributed by atoms with Crippen LogP contribution in [0.1, 0.15) is 26.4 Å². The first-order valence-electron chi connectivity index (χ1n) is 6.16. The van der Waals surface area contributed by atoms with E-state index in [0.717, 1.165) is 5.56 Å². The lowest BCUT2D eigenvalue weighted by atomic mass is 10.1. The molecule has 0 saturated heterocycles. The molecule has 2 rings (SSSR count). The minimum absolute atomic E-state index is 0.00462. The molecule has 1 aromatic heterocycles. The average Bonchev–Trinajstić information content (AvgIpc) is 2.87. The van der Waals surface area contributed by atoms with Crippen LogP contribution in [0.3, 0.4) is 0 Å². The van der Waals surface area contributed by atoms with Crippen LogP contribution >= 0.6 is 0 Å². The molecule has 0 atom stereocenters. The number of imidazole rings is 1. The summed E-state index contributed by atoms with van der Waals surface area (Å²) in [6.45, 7) is 2.80. The van der Waals surface area contributed by atoms with Crippen molar-refractivity contribution in [2.24, 2.45) is 0 Å². The summed E-state index contributed by atoms with van der Waals surface area (Å²) < 4.78 is 1.62. The fraction of sp³-hybridized carbons (Fsp3) is 0.214. The van der Waals surface area contributed by atoms with Crippen molar-refractivity contribution in [1.82, 2.24) is 14.9 Å². The largest absolute Gasteiger partial charge is 0.476 e. The van der Waals surface area contributed by atoms with Crippen molar-refractivity contribution in [2.75, 3.05) is 6.54 Å². The number of aromatic nitrogens is 2. The van der Waals surface area contributed by atoms with Gasteiger partial charge in [0, 0.05) is 24.8 Å². The lowest BCUT2D eigenvalue weighted by Crippen LogP contribution is -2.27. The molecule has 0 saturated carbocycles. The highest BCUT2D eigenvalue weighted by molar-refractivity contribution is 5.94. The number of nitrogens with zero attached hydrogens (tertiary/aromatic N) is 2. The number of aromatic carboxylic acids is 1.